The molecule has 19 heavy (non-hydrogen) atoms. The maximum Gasteiger partial charge on any atom is 0.142 e. The van der Waals surface area contributed by atoms with Crippen LogP contribution in [0.4, 0.5) is 4.39 Å². The summed E-state index contributed by atoms with van der Waals surface area (Å²) in [6.07, 6.45) is -0.518. The van der Waals surface area contributed by atoms with E-state index in [0.29, 0.717) is 10.6 Å². The molecule has 0 radical (unpaired) electrons. The van der Waals surface area contributed by atoms with Gasteiger partial charge in [-0.3, -0.25) is 0 Å². The van der Waals surface area contributed by atoms with Crippen molar-refractivity contribution in [2.45, 2.75) is 19.4 Å². The molecule has 0 aliphatic carbocycles. The lowest BCUT2D eigenvalue weighted by molar-refractivity contribution is 0.177. The van der Waals surface area contributed by atoms with E-state index in [1.54, 1.807) is 24.3 Å². The molecule has 0 bridgehead atoms. The molecule has 0 amide bonds. The Morgan fingerprint density at radius 1 is 1.21 bits per heavy atom. The van der Waals surface area contributed by atoms with Gasteiger partial charge in [0.15, 0.2) is 0 Å². The topological polar surface area (TPSA) is 20.2 Å². The van der Waals surface area contributed by atoms with Crippen LogP contribution in [0.25, 0.3) is 0 Å². The molecule has 100 valence electrons. The first-order valence-electron chi connectivity index (χ1n) is 5.86. The maximum absolute atomic E-state index is 13.3. The van der Waals surface area contributed by atoms with E-state index >= 15 is 0 Å². The predicted molar refractivity (Wildman–Crippen MR) is 76.3 cm³/mol. The van der Waals surface area contributed by atoms with E-state index in [4.69, 9.17) is 23.2 Å². The van der Waals surface area contributed by atoms with Crippen LogP contribution in [0.15, 0.2) is 36.4 Å². The number of hydrogen-bond acceptors (Lipinski definition) is 1. The zero-order chi connectivity index (χ0) is 14.0. The highest BCUT2D eigenvalue weighted by Crippen LogP contribution is 2.28. The van der Waals surface area contributed by atoms with Gasteiger partial charge in [-0.25, -0.2) is 4.39 Å². The Balaban J connectivity index is 2.28. The largest absolute Gasteiger partial charge is 0.388 e. The lowest BCUT2D eigenvalue weighted by Gasteiger charge is -2.15. The van der Waals surface area contributed by atoms with Crippen molar-refractivity contribution in [2.75, 3.05) is 0 Å². The summed E-state index contributed by atoms with van der Waals surface area (Å²) >= 11 is 11.8. The summed E-state index contributed by atoms with van der Waals surface area (Å²) in [4.78, 5) is 0. The molecule has 2 rings (SSSR count). The Kier molecular flexibility index (Phi) is 4.46. The van der Waals surface area contributed by atoms with Crippen LogP contribution in [-0.4, -0.2) is 5.11 Å². The Labute approximate surface area is 121 Å². The fraction of sp³-hybridized carbons (Fsp3) is 0.200. The van der Waals surface area contributed by atoms with Gasteiger partial charge in [-0.2, -0.15) is 0 Å². The number of benzene rings is 2. The van der Waals surface area contributed by atoms with Crippen LogP contribution in [0.5, 0.6) is 0 Å². The fourth-order valence-electron chi connectivity index (χ4n) is 1.99. The maximum atomic E-state index is 13.3. The van der Waals surface area contributed by atoms with E-state index in [0.717, 1.165) is 11.1 Å². The highest BCUT2D eigenvalue weighted by Gasteiger charge is 2.15. The predicted octanol–water partition coefficient (Wildman–Crippen LogP) is 4.72. The van der Waals surface area contributed by atoms with Gasteiger partial charge in [-0.1, -0.05) is 41.4 Å². The minimum Gasteiger partial charge on any atom is -0.388 e. The molecule has 0 saturated carbocycles. The second-order valence-electron chi connectivity index (χ2n) is 4.43. The summed E-state index contributed by atoms with van der Waals surface area (Å²) in [5, 5.41) is 10.9. The second kappa shape index (κ2) is 5.91. The molecular formula is C15H13Cl2FO. The van der Waals surface area contributed by atoms with Crippen molar-refractivity contribution in [3.63, 3.8) is 0 Å². The average Bonchev–Trinajstić information content (AvgIpc) is 2.38. The number of aliphatic hydroxyl groups is 1. The van der Waals surface area contributed by atoms with Crippen LogP contribution in [0.1, 0.15) is 22.8 Å². The number of hydrogen-bond donors (Lipinski definition) is 1. The number of aliphatic hydroxyl groups excluding tert-OH is 1. The van der Waals surface area contributed by atoms with Crippen LogP contribution in [0.2, 0.25) is 10.0 Å². The molecule has 0 aliphatic heterocycles. The second-order valence-corrected chi connectivity index (χ2v) is 5.25. The van der Waals surface area contributed by atoms with E-state index in [2.05, 4.69) is 0 Å². The molecule has 1 N–H and O–H groups in total. The van der Waals surface area contributed by atoms with E-state index < -0.39 is 11.9 Å². The van der Waals surface area contributed by atoms with E-state index in [9.17, 15) is 9.50 Å². The minimum absolute atomic E-state index is 0.0567. The molecule has 1 unspecified atom stereocenters. The molecule has 2 aromatic carbocycles. The standard InChI is InChI=1S/C15H13Cl2FO/c1-9-5-6-11(16)8-12(9)14(19)7-10-3-2-4-13(18)15(10)17/h2-6,8,14,19H,7H2,1H3. The smallest absolute Gasteiger partial charge is 0.142 e. The van der Waals surface area contributed by atoms with E-state index in [1.165, 1.54) is 6.07 Å². The summed E-state index contributed by atoms with van der Waals surface area (Å²) in [5.74, 6) is -0.478. The molecule has 2 aromatic rings. The molecule has 0 fully saturated rings. The quantitative estimate of drug-likeness (QED) is 0.869. The third-order valence-electron chi connectivity index (χ3n) is 3.05. The fourth-order valence-corrected chi connectivity index (χ4v) is 2.38. The number of rotatable bonds is 3. The van der Waals surface area contributed by atoms with Crippen LogP contribution in [0, 0.1) is 12.7 Å². The van der Waals surface area contributed by atoms with Crippen molar-refractivity contribution in [1.29, 1.82) is 0 Å². The summed E-state index contributed by atoms with van der Waals surface area (Å²) in [5.41, 5.74) is 2.24. The molecule has 1 atom stereocenters. The van der Waals surface area contributed by atoms with Crippen molar-refractivity contribution in [2.24, 2.45) is 0 Å². The Hall–Kier alpha value is -1.09. The average molecular weight is 299 g/mol. The van der Waals surface area contributed by atoms with Crippen molar-refractivity contribution in [3.05, 3.63) is 69.0 Å². The van der Waals surface area contributed by atoms with Gasteiger partial charge >= 0.3 is 0 Å². The SMILES string of the molecule is Cc1ccc(Cl)cc1C(O)Cc1cccc(F)c1Cl. The van der Waals surface area contributed by atoms with Crippen molar-refractivity contribution in [1.82, 2.24) is 0 Å². The van der Waals surface area contributed by atoms with Crippen molar-refractivity contribution >= 4 is 23.2 Å². The van der Waals surface area contributed by atoms with Gasteiger partial charge in [0, 0.05) is 11.4 Å². The third kappa shape index (κ3) is 3.27. The van der Waals surface area contributed by atoms with Crippen LogP contribution >= 0.6 is 23.2 Å². The summed E-state index contributed by atoms with van der Waals surface area (Å²) < 4.78 is 13.3. The Bertz CT molecular complexity index is 599. The van der Waals surface area contributed by atoms with Gasteiger partial charge in [0.2, 0.25) is 0 Å². The van der Waals surface area contributed by atoms with Crippen molar-refractivity contribution in [3.8, 4) is 0 Å². The first-order chi connectivity index (χ1) is 8.99. The minimum atomic E-state index is -0.766. The highest BCUT2D eigenvalue weighted by atomic mass is 35.5. The first kappa shape index (κ1) is 14.3. The zero-order valence-electron chi connectivity index (χ0n) is 10.3. The molecule has 0 spiro atoms. The molecule has 4 heteroatoms. The molecule has 1 nitrogen and oxygen atoms in total. The number of halogens is 3. The Morgan fingerprint density at radius 3 is 2.68 bits per heavy atom. The molecular weight excluding hydrogens is 286 g/mol. The lowest BCUT2D eigenvalue weighted by atomic mass is 9.98. The molecule has 0 saturated heterocycles. The van der Waals surface area contributed by atoms with E-state index in [-0.39, 0.29) is 11.4 Å². The monoisotopic (exact) mass is 298 g/mol. The lowest BCUT2D eigenvalue weighted by Crippen LogP contribution is -2.05. The van der Waals surface area contributed by atoms with Gasteiger partial charge in [-0.15, -0.1) is 0 Å². The van der Waals surface area contributed by atoms with Gasteiger partial charge in [0.05, 0.1) is 11.1 Å². The van der Waals surface area contributed by atoms with Gasteiger partial charge in [0.25, 0.3) is 0 Å². The zero-order valence-corrected chi connectivity index (χ0v) is 11.8. The summed E-state index contributed by atoms with van der Waals surface area (Å²) in [6.45, 7) is 1.89. The normalized spacial score (nSPS) is 12.5. The van der Waals surface area contributed by atoms with Crippen LogP contribution in [0.3, 0.4) is 0 Å². The third-order valence-corrected chi connectivity index (χ3v) is 3.70. The molecule has 0 heterocycles. The van der Waals surface area contributed by atoms with Crippen molar-refractivity contribution < 1.29 is 9.50 Å². The van der Waals surface area contributed by atoms with Crippen LogP contribution in [-0.2, 0) is 6.42 Å². The van der Waals surface area contributed by atoms with Gasteiger partial charge in [0.1, 0.15) is 5.82 Å². The molecule has 0 aliphatic rings. The van der Waals surface area contributed by atoms with Crippen LogP contribution < -0.4 is 0 Å². The molecule has 0 aromatic heterocycles. The summed E-state index contributed by atoms with van der Waals surface area (Å²) in [6, 6.07) is 9.90. The number of aryl methyl sites for hydroxylation is 1. The summed E-state index contributed by atoms with van der Waals surface area (Å²) in [7, 11) is 0. The highest BCUT2D eigenvalue weighted by molar-refractivity contribution is 6.31. The first-order valence-corrected chi connectivity index (χ1v) is 6.61. The Morgan fingerprint density at radius 2 is 1.95 bits per heavy atom. The van der Waals surface area contributed by atoms with E-state index in [1.807, 2.05) is 13.0 Å². The van der Waals surface area contributed by atoms with Gasteiger partial charge in [-0.05, 0) is 41.8 Å². The van der Waals surface area contributed by atoms with Gasteiger partial charge < -0.3 is 5.11 Å².